The molecule has 0 unspecified atom stereocenters. The summed E-state index contributed by atoms with van der Waals surface area (Å²) in [6.45, 7) is 0.541. The van der Waals surface area contributed by atoms with Gasteiger partial charge in [-0.2, -0.15) is 0 Å². The number of thioether (sulfide) groups is 1. The third kappa shape index (κ3) is 3.87. The van der Waals surface area contributed by atoms with Crippen molar-refractivity contribution in [3.05, 3.63) is 81.9 Å². The van der Waals surface area contributed by atoms with Crippen molar-refractivity contribution in [2.75, 3.05) is 0 Å². The van der Waals surface area contributed by atoms with Gasteiger partial charge < -0.3 is 9.72 Å². The van der Waals surface area contributed by atoms with Crippen LogP contribution in [0.15, 0.2) is 59.8 Å². The number of hydrogen-bond acceptors (Lipinski definition) is 3. The van der Waals surface area contributed by atoms with Crippen LogP contribution in [-0.2, 0) is 17.8 Å². The molecule has 2 atom stereocenters. The number of fused-ring (bicyclic) bond motifs is 1. The van der Waals surface area contributed by atoms with Crippen molar-refractivity contribution in [1.29, 1.82) is 0 Å². The van der Waals surface area contributed by atoms with Gasteiger partial charge in [0.15, 0.2) is 0 Å². The molecule has 0 saturated heterocycles. The maximum absolute atomic E-state index is 6.31. The lowest BCUT2D eigenvalue weighted by atomic mass is 10.0. The van der Waals surface area contributed by atoms with Crippen LogP contribution in [0.4, 0.5) is 0 Å². The standard InChI is InChI=1S/C19H16Cl2N2OS/c20-13-3-1-12(2-4-13)11-24-19-15-6-5-14(21)9-16(15)25-17(19)10-18-22-7-8-23-18/h1-9,17,19H,10-11H2,(H,22,23)/t17-,19-/m0/s1. The largest absolute Gasteiger partial charge is 0.368 e. The van der Waals surface area contributed by atoms with Gasteiger partial charge in [-0.15, -0.1) is 11.8 Å². The van der Waals surface area contributed by atoms with Crippen LogP contribution in [0.3, 0.4) is 0 Å². The topological polar surface area (TPSA) is 37.9 Å². The highest BCUT2D eigenvalue weighted by Crippen LogP contribution is 2.48. The first-order chi connectivity index (χ1) is 12.2. The first-order valence-corrected chi connectivity index (χ1v) is 9.63. The van der Waals surface area contributed by atoms with E-state index in [0.717, 1.165) is 27.9 Å². The predicted octanol–water partition coefficient (Wildman–Crippen LogP) is 5.69. The maximum atomic E-state index is 6.31. The Morgan fingerprint density at radius 3 is 2.64 bits per heavy atom. The second-order valence-electron chi connectivity index (χ2n) is 5.94. The number of benzene rings is 2. The van der Waals surface area contributed by atoms with Crippen LogP contribution in [0.2, 0.25) is 10.0 Å². The zero-order valence-electron chi connectivity index (χ0n) is 13.3. The fourth-order valence-corrected chi connectivity index (χ4v) is 4.78. The average molecular weight is 391 g/mol. The Bertz CT molecular complexity index is 852. The van der Waals surface area contributed by atoms with Crippen molar-refractivity contribution < 1.29 is 4.74 Å². The minimum absolute atomic E-state index is 0.00181. The van der Waals surface area contributed by atoms with Crippen LogP contribution in [0.5, 0.6) is 0 Å². The lowest BCUT2D eigenvalue weighted by molar-refractivity contribution is 0.0391. The summed E-state index contributed by atoms with van der Waals surface area (Å²) in [6, 6.07) is 13.8. The van der Waals surface area contributed by atoms with Gasteiger partial charge in [0.1, 0.15) is 5.82 Å². The number of aromatic amines is 1. The highest BCUT2D eigenvalue weighted by atomic mass is 35.5. The van der Waals surface area contributed by atoms with Crippen molar-refractivity contribution in [2.45, 2.75) is 29.3 Å². The number of nitrogens with zero attached hydrogens (tertiary/aromatic N) is 1. The Morgan fingerprint density at radius 1 is 1.08 bits per heavy atom. The van der Waals surface area contributed by atoms with E-state index in [0.29, 0.717) is 6.61 Å². The van der Waals surface area contributed by atoms with Crippen molar-refractivity contribution in [1.82, 2.24) is 9.97 Å². The Balaban J connectivity index is 1.55. The van der Waals surface area contributed by atoms with Crippen LogP contribution in [0.1, 0.15) is 23.1 Å². The Labute approximate surface area is 160 Å². The first-order valence-electron chi connectivity index (χ1n) is 7.99. The molecule has 1 N–H and O–H groups in total. The summed E-state index contributed by atoms with van der Waals surface area (Å²) in [6.07, 6.45) is 4.44. The number of aromatic nitrogens is 2. The molecule has 2 aromatic carbocycles. The van der Waals surface area contributed by atoms with Crippen molar-refractivity contribution in [3.63, 3.8) is 0 Å². The van der Waals surface area contributed by atoms with Crippen LogP contribution >= 0.6 is 35.0 Å². The van der Waals surface area contributed by atoms with Gasteiger partial charge >= 0.3 is 0 Å². The number of H-pyrrole nitrogens is 1. The van der Waals surface area contributed by atoms with Gasteiger partial charge in [-0.1, -0.05) is 41.4 Å². The quantitative estimate of drug-likeness (QED) is 0.607. The number of imidazole rings is 1. The van der Waals surface area contributed by atoms with E-state index < -0.39 is 0 Å². The van der Waals surface area contributed by atoms with Gasteiger partial charge in [0, 0.05) is 39.0 Å². The third-order valence-corrected chi connectivity index (χ3v) is 6.00. The van der Waals surface area contributed by atoms with E-state index >= 15 is 0 Å². The molecule has 0 spiro atoms. The molecule has 4 rings (SSSR count). The van der Waals surface area contributed by atoms with E-state index in [9.17, 15) is 0 Å². The molecule has 0 saturated carbocycles. The monoisotopic (exact) mass is 390 g/mol. The fourth-order valence-electron chi connectivity index (χ4n) is 2.98. The molecular formula is C19H16Cl2N2OS. The maximum Gasteiger partial charge on any atom is 0.107 e. The van der Waals surface area contributed by atoms with Crippen molar-refractivity contribution in [2.24, 2.45) is 0 Å². The SMILES string of the molecule is Clc1ccc(CO[C@H]2c3ccc(Cl)cc3S[C@H]2Cc2ncc[nH]2)cc1. The van der Waals surface area contributed by atoms with Gasteiger partial charge in [-0.05, 0) is 35.4 Å². The van der Waals surface area contributed by atoms with Crippen LogP contribution in [-0.4, -0.2) is 15.2 Å². The van der Waals surface area contributed by atoms with Crippen LogP contribution < -0.4 is 0 Å². The summed E-state index contributed by atoms with van der Waals surface area (Å²) < 4.78 is 6.31. The molecule has 0 aliphatic carbocycles. The molecule has 0 amide bonds. The Kier molecular flexibility index (Phi) is 5.04. The van der Waals surface area contributed by atoms with E-state index in [4.69, 9.17) is 27.9 Å². The van der Waals surface area contributed by atoms with Crippen molar-refractivity contribution >= 4 is 35.0 Å². The summed E-state index contributed by atoms with van der Waals surface area (Å²) in [5.74, 6) is 0.969. The fraction of sp³-hybridized carbons (Fsp3) is 0.211. The molecule has 6 heteroatoms. The summed E-state index contributed by atoms with van der Waals surface area (Å²) in [5.41, 5.74) is 2.30. The Hall–Kier alpha value is -1.46. The molecule has 0 radical (unpaired) electrons. The van der Waals surface area contributed by atoms with Crippen molar-refractivity contribution in [3.8, 4) is 0 Å². The summed E-state index contributed by atoms with van der Waals surface area (Å²) >= 11 is 13.9. The predicted molar refractivity (Wildman–Crippen MR) is 102 cm³/mol. The molecule has 0 fully saturated rings. The highest BCUT2D eigenvalue weighted by molar-refractivity contribution is 8.00. The second-order valence-corrected chi connectivity index (χ2v) is 8.09. The minimum atomic E-state index is -0.00181. The summed E-state index contributed by atoms with van der Waals surface area (Å²) in [7, 11) is 0. The molecular weight excluding hydrogens is 375 g/mol. The number of hydrogen-bond donors (Lipinski definition) is 1. The van der Waals surface area contributed by atoms with E-state index in [-0.39, 0.29) is 11.4 Å². The molecule has 1 aliphatic rings. The summed E-state index contributed by atoms with van der Waals surface area (Å²) in [5, 5.41) is 1.74. The second kappa shape index (κ2) is 7.42. The molecule has 3 nitrogen and oxygen atoms in total. The lowest BCUT2D eigenvalue weighted by Gasteiger charge is -2.20. The van der Waals surface area contributed by atoms with Gasteiger partial charge in [0.05, 0.1) is 12.7 Å². The molecule has 128 valence electrons. The zero-order chi connectivity index (χ0) is 17.2. The first kappa shape index (κ1) is 17.0. The molecule has 25 heavy (non-hydrogen) atoms. The average Bonchev–Trinajstić information content (AvgIpc) is 3.22. The number of rotatable bonds is 5. The number of nitrogens with one attached hydrogen (secondary N) is 1. The molecule has 1 aromatic heterocycles. The van der Waals surface area contributed by atoms with Crippen LogP contribution in [0, 0.1) is 0 Å². The van der Waals surface area contributed by atoms with E-state index in [1.54, 1.807) is 18.0 Å². The Morgan fingerprint density at radius 2 is 1.88 bits per heavy atom. The third-order valence-electron chi connectivity index (χ3n) is 4.19. The minimum Gasteiger partial charge on any atom is -0.368 e. The normalized spacial score (nSPS) is 19.1. The molecule has 2 heterocycles. The van der Waals surface area contributed by atoms with Gasteiger partial charge in [0.25, 0.3) is 0 Å². The smallest absolute Gasteiger partial charge is 0.107 e. The van der Waals surface area contributed by atoms with E-state index in [2.05, 4.69) is 16.0 Å². The van der Waals surface area contributed by atoms with Crippen LogP contribution in [0.25, 0.3) is 0 Å². The highest BCUT2D eigenvalue weighted by Gasteiger charge is 2.35. The van der Waals surface area contributed by atoms with Gasteiger partial charge in [-0.25, -0.2) is 4.98 Å². The van der Waals surface area contributed by atoms with E-state index in [1.165, 1.54) is 10.5 Å². The van der Waals surface area contributed by atoms with E-state index in [1.807, 2.05) is 42.6 Å². The number of ether oxygens (including phenoxy) is 1. The molecule has 3 aromatic rings. The van der Waals surface area contributed by atoms with Gasteiger partial charge in [-0.3, -0.25) is 0 Å². The zero-order valence-corrected chi connectivity index (χ0v) is 15.6. The summed E-state index contributed by atoms with van der Waals surface area (Å²) in [4.78, 5) is 8.72. The number of halogens is 2. The van der Waals surface area contributed by atoms with Gasteiger partial charge in [0.2, 0.25) is 0 Å². The lowest BCUT2D eigenvalue weighted by Crippen LogP contribution is -2.17. The molecule has 0 bridgehead atoms. The molecule has 1 aliphatic heterocycles.